The van der Waals surface area contributed by atoms with Gasteiger partial charge >= 0.3 is 0 Å². The average molecular weight is 341 g/mol. The molecule has 0 radical (unpaired) electrons. The standard InChI is InChI=1S/C18H17ClN4O/c1-12-17(18(24)21-11-15-5-3-4-10-20-15)13(2)23(22-12)16-8-6-14(19)7-9-16/h3-10H,11H2,1-2H3,(H,21,24). The van der Waals surface area contributed by atoms with E-state index in [2.05, 4.69) is 15.4 Å². The number of hydrogen-bond donors (Lipinski definition) is 1. The van der Waals surface area contributed by atoms with Crippen molar-refractivity contribution in [1.82, 2.24) is 20.1 Å². The number of carbonyl (C=O) groups excluding carboxylic acids is 1. The van der Waals surface area contributed by atoms with Gasteiger partial charge in [0.1, 0.15) is 0 Å². The van der Waals surface area contributed by atoms with Gasteiger partial charge in [0.25, 0.3) is 5.91 Å². The van der Waals surface area contributed by atoms with Gasteiger partial charge in [-0.25, -0.2) is 4.68 Å². The van der Waals surface area contributed by atoms with Crippen LogP contribution < -0.4 is 5.32 Å². The van der Waals surface area contributed by atoms with Crippen molar-refractivity contribution in [2.24, 2.45) is 0 Å². The van der Waals surface area contributed by atoms with Gasteiger partial charge in [-0.05, 0) is 50.2 Å². The Morgan fingerprint density at radius 3 is 2.58 bits per heavy atom. The second-order valence-corrected chi connectivity index (χ2v) is 5.87. The summed E-state index contributed by atoms with van der Waals surface area (Å²) in [7, 11) is 0. The summed E-state index contributed by atoms with van der Waals surface area (Å²) in [5, 5.41) is 8.04. The van der Waals surface area contributed by atoms with Crippen LogP contribution >= 0.6 is 11.6 Å². The molecule has 24 heavy (non-hydrogen) atoms. The predicted molar refractivity (Wildman–Crippen MR) is 93.5 cm³/mol. The summed E-state index contributed by atoms with van der Waals surface area (Å²) < 4.78 is 1.75. The zero-order valence-electron chi connectivity index (χ0n) is 13.5. The number of halogens is 1. The highest BCUT2D eigenvalue weighted by atomic mass is 35.5. The normalized spacial score (nSPS) is 10.6. The first-order valence-electron chi connectivity index (χ1n) is 7.56. The first kappa shape index (κ1) is 16.2. The summed E-state index contributed by atoms with van der Waals surface area (Å²) in [5.41, 5.74) is 3.73. The van der Waals surface area contributed by atoms with Gasteiger partial charge in [0.15, 0.2) is 0 Å². The summed E-state index contributed by atoms with van der Waals surface area (Å²) in [6, 6.07) is 13.0. The molecule has 0 fully saturated rings. The molecule has 3 rings (SSSR count). The minimum atomic E-state index is -0.157. The fourth-order valence-electron chi connectivity index (χ4n) is 2.57. The van der Waals surface area contributed by atoms with Gasteiger partial charge in [-0.15, -0.1) is 0 Å². The smallest absolute Gasteiger partial charge is 0.255 e. The molecular formula is C18H17ClN4O. The Hall–Kier alpha value is -2.66. The highest BCUT2D eigenvalue weighted by Gasteiger charge is 2.19. The van der Waals surface area contributed by atoms with Crippen molar-refractivity contribution in [3.8, 4) is 5.69 Å². The van der Waals surface area contributed by atoms with Gasteiger partial charge in [-0.3, -0.25) is 9.78 Å². The minimum absolute atomic E-state index is 0.157. The largest absolute Gasteiger partial charge is 0.346 e. The first-order valence-corrected chi connectivity index (χ1v) is 7.94. The second kappa shape index (κ2) is 6.84. The van der Waals surface area contributed by atoms with Gasteiger partial charge in [0.05, 0.1) is 34.9 Å². The van der Waals surface area contributed by atoms with Crippen molar-refractivity contribution in [2.45, 2.75) is 20.4 Å². The number of pyridine rings is 1. The van der Waals surface area contributed by atoms with Crippen LogP contribution in [0.5, 0.6) is 0 Å². The van der Waals surface area contributed by atoms with E-state index < -0.39 is 0 Å². The third kappa shape index (κ3) is 3.31. The summed E-state index contributed by atoms with van der Waals surface area (Å²) >= 11 is 5.93. The van der Waals surface area contributed by atoms with E-state index in [0.717, 1.165) is 17.1 Å². The van der Waals surface area contributed by atoms with Gasteiger partial charge in [0, 0.05) is 11.2 Å². The average Bonchev–Trinajstić information content (AvgIpc) is 2.89. The number of aryl methyl sites for hydroxylation is 1. The number of amides is 1. The van der Waals surface area contributed by atoms with Crippen LogP contribution in [0.1, 0.15) is 27.4 Å². The second-order valence-electron chi connectivity index (χ2n) is 5.44. The van der Waals surface area contributed by atoms with E-state index in [4.69, 9.17) is 11.6 Å². The molecule has 0 unspecified atom stereocenters. The lowest BCUT2D eigenvalue weighted by atomic mass is 10.2. The molecule has 0 spiro atoms. The monoisotopic (exact) mass is 340 g/mol. The Morgan fingerprint density at radius 2 is 1.92 bits per heavy atom. The van der Waals surface area contributed by atoms with Crippen molar-refractivity contribution >= 4 is 17.5 Å². The Labute approximate surface area is 145 Å². The quantitative estimate of drug-likeness (QED) is 0.791. The third-order valence-corrected chi connectivity index (χ3v) is 4.00. The van der Waals surface area contributed by atoms with Gasteiger partial charge < -0.3 is 5.32 Å². The topological polar surface area (TPSA) is 59.8 Å². The molecule has 2 aromatic heterocycles. The summed E-state index contributed by atoms with van der Waals surface area (Å²) in [6.45, 7) is 4.09. The van der Waals surface area contributed by atoms with Crippen LogP contribution in [0.4, 0.5) is 0 Å². The molecule has 3 aromatic rings. The Bertz CT molecular complexity index is 857. The van der Waals surface area contributed by atoms with Gasteiger partial charge in [0.2, 0.25) is 0 Å². The molecule has 0 saturated carbocycles. The molecule has 5 nitrogen and oxygen atoms in total. The molecule has 122 valence electrons. The summed E-state index contributed by atoms with van der Waals surface area (Å²) in [4.78, 5) is 16.7. The van der Waals surface area contributed by atoms with Crippen molar-refractivity contribution in [1.29, 1.82) is 0 Å². The fourth-order valence-corrected chi connectivity index (χ4v) is 2.69. The lowest BCUT2D eigenvalue weighted by molar-refractivity contribution is 0.0949. The van der Waals surface area contributed by atoms with Crippen molar-refractivity contribution in [3.05, 3.63) is 76.3 Å². The number of nitrogens with one attached hydrogen (secondary N) is 1. The highest BCUT2D eigenvalue weighted by molar-refractivity contribution is 6.30. The Morgan fingerprint density at radius 1 is 1.17 bits per heavy atom. The van der Waals surface area contributed by atoms with E-state index in [-0.39, 0.29) is 5.91 Å². The van der Waals surface area contributed by atoms with Crippen LogP contribution in [-0.4, -0.2) is 20.7 Å². The lowest BCUT2D eigenvalue weighted by Crippen LogP contribution is -2.24. The van der Waals surface area contributed by atoms with E-state index >= 15 is 0 Å². The zero-order chi connectivity index (χ0) is 17.1. The van der Waals surface area contributed by atoms with Crippen LogP contribution in [0, 0.1) is 13.8 Å². The molecule has 1 aromatic carbocycles. The maximum Gasteiger partial charge on any atom is 0.255 e. The van der Waals surface area contributed by atoms with E-state index in [0.29, 0.717) is 22.8 Å². The number of rotatable bonds is 4. The molecule has 0 saturated heterocycles. The maximum absolute atomic E-state index is 12.5. The zero-order valence-corrected chi connectivity index (χ0v) is 14.2. The fraction of sp³-hybridized carbons (Fsp3) is 0.167. The van der Waals surface area contributed by atoms with E-state index in [1.807, 2.05) is 44.2 Å². The first-order chi connectivity index (χ1) is 11.6. The highest BCUT2D eigenvalue weighted by Crippen LogP contribution is 2.19. The van der Waals surface area contributed by atoms with Crippen molar-refractivity contribution in [2.75, 3.05) is 0 Å². The van der Waals surface area contributed by atoms with Crippen LogP contribution in [0.15, 0.2) is 48.7 Å². The third-order valence-electron chi connectivity index (χ3n) is 3.75. The molecular weight excluding hydrogens is 324 g/mol. The molecule has 2 heterocycles. The molecule has 1 N–H and O–H groups in total. The van der Waals surface area contributed by atoms with Crippen molar-refractivity contribution in [3.63, 3.8) is 0 Å². The van der Waals surface area contributed by atoms with Gasteiger partial charge in [-0.1, -0.05) is 17.7 Å². The van der Waals surface area contributed by atoms with Crippen LogP contribution in [-0.2, 0) is 6.54 Å². The van der Waals surface area contributed by atoms with E-state index in [1.54, 1.807) is 23.0 Å². The SMILES string of the molecule is Cc1nn(-c2ccc(Cl)cc2)c(C)c1C(=O)NCc1ccccn1. The Kier molecular flexibility index (Phi) is 4.62. The molecule has 6 heteroatoms. The number of benzene rings is 1. The number of hydrogen-bond acceptors (Lipinski definition) is 3. The lowest BCUT2D eigenvalue weighted by Gasteiger charge is -2.07. The van der Waals surface area contributed by atoms with E-state index in [9.17, 15) is 4.79 Å². The summed E-state index contributed by atoms with van der Waals surface area (Å²) in [5.74, 6) is -0.157. The molecule has 0 aliphatic carbocycles. The number of carbonyl (C=O) groups is 1. The molecule has 0 aliphatic rings. The van der Waals surface area contributed by atoms with Crippen molar-refractivity contribution < 1.29 is 4.79 Å². The summed E-state index contributed by atoms with van der Waals surface area (Å²) in [6.07, 6.45) is 1.70. The molecule has 0 bridgehead atoms. The van der Waals surface area contributed by atoms with Crippen LogP contribution in [0.2, 0.25) is 5.02 Å². The maximum atomic E-state index is 12.5. The molecule has 0 aliphatic heterocycles. The molecule has 1 amide bonds. The van der Waals surface area contributed by atoms with Crippen LogP contribution in [0.3, 0.4) is 0 Å². The molecule has 0 atom stereocenters. The van der Waals surface area contributed by atoms with E-state index in [1.165, 1.54) is 0 Å². The minimum Gasteiger partial charge on any atom is -0.346 e. The van der Waals surface area contributed by atoms with Crippen LogP contribution in [0.25, 0.3) is 5.69 Å². The number of nitrogens with zero attached hydrogens (tertiary/aromatic N) is 3. The van der Waals surface area contributed by atoms with Gasteiger partial charge in [-0.2, -0.15) is 5.10 Å². The Balaban J connectivity index is 1.83. The predicted octanol–water partition coefficient (Wildman–Crippen LogP) is 3.47. The number of aromatic nitrogens is 3.